The highest BCUT2D eigenvalue weighted by atomic mass is 35.5. The molecule has 1 unspecified atom stereocenters. The third-order valence-electron chi connectivity index (χ3n) is 3.10. The van der Waals surface area contributed by atoms with Crippen molar-refractivity contribution in [2.24, 2.45) is 5.73 Å². The van der Waals surface area contributed by atoms with Crippen LogP contribution in [0.1, 0.15) is 38.1 Å². The number of aromatic nitrogens is 2. The molecule has 6 heteroatoms. The standard InChI is InChI=1S/C13H22ClN3O2/c1-5-19-12(18)13(4,15)7-6-8-17-10(3)11(14)9(2)16-17/h5-8,15H2,1-4H3. The van der Waals surface area contributed by atoms with Gasteiger partial charge in [0.2, 0.25) is 0 Å². The van der Waals surface area contributed by atoms with Gasteiger partial charge in [0.1, 0.15) is 5.54 Å². The number of halogens is 1. The summed E-state index contributed by atoms with van der Waals surface area (Å²) in [6, 6.07) is 0. The van der Waals surface area contributed by atoms with E-state index in [2.05, 4.69) is 5.10 Å². The second-order valence-electron chi connectivity index (χ2n) is 4.95. The van der Waals surface area contributed by atoms with E-state index in [1.54, 1.807) is 13.8 Å². The van der Waals surface area contributed by atoms with Gasteiger partial charge >= 0.3 is 5.97 Å². The van der Waals surface area contributed by atoms with E-state index in [0.29, 0.717) is 24.6 Å². The molecule has 19 heavy (non-hydrogen) atoms. The van der Waals surface area contributed by atoms with Crippen LogP contribution in [0.4, 0.5) is 0 Å². The normalized spacial score (nSPS) is 14.2. The quantitative estimate of drug-likeness (QED) is 0.815. The summed E-state index contributed by atoms with van der Waals surface area (Å²) in [4.78, 5) is 11.6. The van der Waals surface area contributed by atoms with Gasteiger partial charge in [-0.25, -0.2) is 0 Å². The van der Waals surface area contributed by atoms with E-state index in [-0.39, 0.29) is 5.97 Å². The van der Waals surface area contributed by atoms with Crippen molar-refractivity contribution in [3.8, 4) is 0 Å². The van der Waals surface area contributed by atoms with Crippen LogP contribution in [-0.4, -0.2) is 27.9 Å². The maximum Gasteiger partial charge on any atom is 0.325 e. The van der Waals surface area contributed by atoms with Crippen LogP contribution in [0.5, 0.6) is 0 Å². The number of esters is 1. The van der Waals surface area contributed by atoms with Gasteiger partial charge in [-0.2, -0.15) is 5.10 Å². The highest BCUT2D eigenvalue weighted by molar-refractivity contribution is 6.31. The number of hydrogen-bond donors (Lipinski definition) is 1. The summed E-state index contributed by atoms with van der Waals surface area (Å²) in [5.74, 6) is -0.360. The Morgan fingerprint density at radius 2 is 2.16 bits per heavy atom. The molecule has 0 bridgehead atoms. The SMILES string of the molecule is CCOC(=O)C(C)(N)CCCn1nc(C)c(Cl)c1C. The van der Waals surface area contributed by atoms with E-state index in [4.69, 9.17) is 22.1 Å². The number of nitrogens with two attached hydrogens (primary N) is 1. The Bertz CT molecular complexity index is 455. The molecule has 0 radical (unpaired) electrons. The summed E-state index contributed by atoms with van der Waals surface area (Å²) >= 11 is 6.08. The van der Waals surface area contributed by atoms with Gasteiger partial charge in [-0.1, -0.05) is 11.6 Å². The average Bonchev–Trinajstić information content (AvgIpc) is 2.57. The van der Waals surface area contributed by atoms with Gasteiger partial charge in [0.05, 0.1) is 23.0 Å². The fraction of sp³-hybridized carbons (Fsp3) is 0.692. The molecule has 1 rings (SSSR count). The van der Waals surface area contributed by atoms with E-state index >= 15 is 0 Å². The summed E-state index contributed by atoms with van der Waals surface area (Å²) in [6.45, 7) is 8.29. The van der Waals surface area contributed by atoms with Crippen LogP contribution in [0.25, 0.3) is 0 Å². The summed E-state index contributed by atoms with van der Waals surface area (Å²) in [7, 11) is 0. The Hall–Kier alpha value is -1.07. The van der Waals surface area contributed by atoms with Crippen LogP contribution >= 0.6 is 11.6 Å². The molecule has 0 saturated carbocycles. The minimum atomic E-state index is -0.949. The number of rotatable bonds is 6. The molecule has 0 aromatic carbocycles. The van der Waals surface area contributed by atoms with Crippen molar-refractivity contribution in [3.05, 3.63) is 16.4 Å². The van der Waals surface area contributed by atoms with Crippen LogP contribution in [0.3, 0.4) is 0 Å². The molecule has 108 valence electrons. The van der Waals surface area contributed by atoms with Gasteiger partial charge in [-0.05, 0) is 40.5 Å². The predicted octanol–water partition coefficient (Wildman–Crippen LogP) is 2.21. The molecular formula is C13H22ClN3O2. The number of hydrogen-bond acceptors (Lipinski definition) is 4. The Morgan fingerprint density at radius 3 is 2.63 bits per heavy atom. The Morgan fingerprint density at radius 1 is 1.53 bits per heavy atom. The molecule has 0 saturated heterocycles. The number of ether oxygens (including phenoxy) is 1. The lowest BCUT2D eigenvalue weighted by atomic mass is 9.97. The molecular weight excluding hydrogens is 266 g/mol. The summed E-state index contributed by atoms with van der Waals surface area (Å²) in [6.07, 6.45) is 1.28. The van der Waals surface area contributed by atoms with Gasteiger partial charge in [-0.15, -0.1) is 0 Å². The monoisotopic (exact) mass is 287 g/mol. The maximum absolute atomic E-state index is 11.6. The molecule has 0 aliphatic rings. The largest absolute Gasteiger partial charge is 0.465 e. The van der Waals surface area contributed by atoms with Gasteiger partial charge < -0.3 is 10.5 Å². The molecule has 0 aliphatic carbocycles. The van der Waals surface area contributed by atoms with Crippen LogP contribution in [-0.2, 0) is 16.1 Å². The van der Waals surface area contributed by atoms with Crippen LogP contribution in [0.2, 0.25) is 5.02 Å². The van der Waals surface area contributed by atoms with Gasteiger partial charge in [0.25, 0.3) is 0 Å². The first kappa shape index (κ1) is 16.0. The zero-order valence-electron chi connectivity index (χ0n) is 12.0. The van der Waals surface area contributed by atoms with Gasteiger partial charge in [0.15, 0.2) is 0 Å². The Labute approximate surface area is 119 Å². The van der Waals surface area contributed by atoms with Gasteiger partial charge in [0, 0.05) is 6.54 Å². The first-order valence-electron chi connectivity index (χ1n) is 6.45. The van der Waals surface area contributed by atoms with Crippen LogP contribution in [0.15, 0.2) is 0 Å². The van der Waals surface area contributed by atoms with Crippen molar-refractivity contribution in [1.82, 2.24) is 9.78 Å². The second-order valence-corrected chi connectivity index (χ2v) is 5.33. The van der Waals surface area contributed by atoms with Crippen LogP contribution in [0, 0.1) is 13.8 Å². The van der Waals surface area contributed by atoms with Crippen molar-refractivity contribution in [3.63, 3.8) is 0 Å². The molecule has 1 aromatic rings. The lowest BCUT2D eigenvalue weighted by Gasteiger charge is -2.22. The smallest absolute Gasteiger partial charge is 0.325 e. The molecule has 0 spiro atoms. The molecule has 1 atom stereocenters. The number of carbonyl (C=O) groups excluding carboxylic acids is 1. The maximum atomic E-state index is 11.6. The molecule has 0 fully saturated rings. The van der Waals surface area contributed by atoms with Crippen molar-refractivity contribution >= 4 is 17.6 Å². The fourth-order valence-electron chi connectivity index (χ4n) is 1.89. The summed E-state index contributed by atoms with van der Waals surface area (Å²) in [5.41, 5.74) is 6.76. The Balaban J connectivity index is 2.54. The minimum Gasteiger partial charge on any atom is -0.465 e. The van der Waals surface area contributed by atoms with Crippen molar-refractivity contribution in [2.45, 2.75) is 52.6 Å². The minimum absolute atomic E-state index is 0.346. The second kappa shape index (κ2) is 6.39. The van der Waals surface area contributed by atoms with E-state index in [9.17, 15) is 4.79 Å². The molecule has 1 heterocycles. The van der Waals surface area contributed by atoms with E-state index < -0.39 is 5.54 Å². The Kier molecular flexibility index (Phi) is 5.38. The number of carbonyl (C=O) groups is 1. The number of aryl methyl sites for hydroxylation is 2. The molecule has 5 nitrogen and oxygen atoms in total. The predicted molar refractivity (Wildman–Crippen MR) is 75.2 cm³/mol. The zero-order chi connectivity index (χ0) is 14.6. The molecule has 0 amide bonds. The number of nitrogens with zero attached hydrogens (tertiary/aromatic N) is 2. The lowest BCUT2D eigenvalue weighted by molar-refractivity contribution is -0.149. The van der Waals surface area contributed by atoms with Crippen LogP contribution < -0.4 is 5.73 Å². The zero-order valence-corrected chi connectivity index (χ0v) is 12.8. The third-order valence-corrected chi connectivity index (χ3v) is 3.65. The molecule has 2 N–H and O–H groups in total. The van der Waals surface area contributed by atoms with E-state index in [1.807, 2.05) is 18.5 Å². The van der Waals surface area contributed by atoms with E-state index in [1.165, 1.54) is 0 Å². The summed E-state index contributed by atoms with van der Waals surface area (Å²) < 4.78 is 6.80. The topological polar surface area (TPSA) is 70.1 Å². The van der Waals surface area contributed by atoms with E-state index in [0.717, 1.165) is 17.8 Å². The van der Waals surface area contributed by atoms with Crippen molar-refractivity contribution < 1.29 is 9.53 Å². The highest BCUT2D eigenvalue weighted by Gasteiger charge is 2.29. The average molecular weight is 288 g/mol. The summed E-state index contributed by atoms with van der Waals surface area (Å²) in [5, 5.41) is 5.03. The fourth-order valence-corrected chi connectivity index (χ4v) is 2.02. The van der Waals surface area contributed by atoms with Crippen molar-refractivity contribution in [2.75, 3.05) is 6.61 Å². The first-order valence-corrected chi connectivity index (χ1v) is 6.83. The third kappa shape index (κ3) is 3.94. The molecule has 0 aliphatic heterocycles. The lowest BCUT2D eigenvalue weighted by Crippen LogP contribution is -2.46. The first-order chi connectivity index (χ1) is 8.79. The van der Waals surface area contributed by atoms with Gasteiger partial charge in [-0.3, -0.25) is 9.48 Å². The molecule has 1 aromatic heterocycles. The highest BCUT2D eigenvalue weighted by Crippen LogP contribution is 2.20. The van der Waals surface area contributed by atoms with Crippen molar-refractivity contribution in [1.29, 1.82) is 0 Å².